The number of rotatable bonds is 7. The highest BCUT2D eigenvalue weighted by Gasteiger charge is 2.18. The highest BCUT2D eigenvalue weighted by atomic mass is 35.5. The van der Waals surface area contributed by atoms with Crippen LogP contribution in [0.3, 0.4) is 0 Å². The number of phenols is 1. The molecule has 0 radical (unpaired) electrons. The van der Waals surface area contributed by atoms with Crippen LogP contribution in [-0.4, -0.2) is 38.1 Å². The summed E-state index contributed by atoms with van der Waals surface area (Å²) in [7, 11) is -3.71. The quantitative estimate of drug-likeness (QED) is 0.657. The van der Waals surface area contributed by atoms with Crippen molar-refractivity contribution in [1.29, 1.82) is 0 Å². The van der Waals surface area contributed by atoms with E-state index in [2.05, 4.69) is 33.9 Å². The number of hydrogen-bond donors (Lipinski definition) is 2. The maximum absolute atomic E-state index is 12.3. The van der Waals surface area contributed by atoms with Crippen LogP contribution in [0.1, 0.15) is 24.0 Å². The van der Waals surface area contributed by atoms with Gasteiger partial charge in [-0.1, -0.05) is 47.5 Å². The average Bonchev–Trinajstić information content (AvgIpc) is 2.65. The van der Waals surface area contributed by atoms with Gasteiger partial charge < -0.3 is 5.11 Å². The fraction of sp³-hybridized carbons (Fsp3) is 0.368. The van der Waals surface area contributed by atoms with E-state index in [0.29, 0.717) is 6.54 Å². The summed E-state index contributed by atoms with van der Waals surface area (Å²) in [4.78, 5) is 2.35. The highest BCUT2D eigenvalue weighted by Crippen LogP contribution is 2.34. The predicted octanol–water partition coefficient (Wildman–Crippen LogP) is 3.82. The molecule has 0 amide bonds. The summed E-state index contributed by atoms with van der Waals surface area (Å²) in [6, 6.07) is 10.9. The molecular formula is C19H22Cl2N2O3S. The van der Waals surface area contributed by atoms with Crippen LogP contribution in [0.5, 0.6) is 5.75 Å². The molecule has 5 nitrogen and oxygen atoms in total. The molecule has 0 unspecified atom stereocenters. The number of unbranched alkanes of at least 4 members (excludes halogenated alkanes) is 1. The molecule has 0 aromatic heterocycles. The molecule has 1 aliphatic heterocycles. The maximum Gasteiger partial charge on any atom is 0.240 e. The Hall–Kier alpha value is -1.31. The second-order valence-electron chi connectivity index (χ2n) is 6.64. The Balaban J connectivity index is 1.45. The molecule has 0 spiro atoms. The first-order valence-electron chi connectivity index (χ1n) is 8.83. The Morgan fingerprint density at radius 2 is 1.74 bits per heavy atom. The first-order chi connectivity index (χ1) is 12.9. The van der Waals surface area contributed by atoms with E-state index >= 15 is 0 Å². The Labute approximate surface area is 170 Å². The monoisotopic (exact) mass is 428 g/mol. The molecule has 3 rings (SSSR count). The minimum absolute atomic E-state index is 0.0528. The van der Waals surface area contributed by atoms with Crippen LogP contribution in [0, 0.1) is 0 Å². The lowest BCUT2D eigenvalue weighted by Crippen LogP contribution is -2.32. The zero-order valence-corrected chi connectivity index (χ0v) is 17.1. The topological polar surface area (TPSA) is 69.6 Å². The molecule has 0 atom stereocenters. The number of nitrogens with zero attached hydrogens (tertiary/aromatic N) is 1. The molecule has 2 aromatic rings. The first kappa shape index (κ1) is 20.4. The molecule has 0 bridgehead atoms. The fourth-order valence-corrected chi connectivity index (χ4v) is 4.93. The first-order valence-corrected chi connectivity index (χ1v) is 11.1. The van der Waals surface area contributed by atoms with Gasteiger partial charge in [0.2, 0.25) is 10.0 Å². The Kier molecular flexibility index (Phi) is 6.65. The zero-order chi connectivity index (χ0) is 19.4. The van der Waals surface area contributed by atoms with Gasteiger partial charge in [0.25, 0.3) is 0 Å². The van der Waals surface area contributed by atoms with Gasteiger partial charge in [0.05, 0.1) is 14.9 Å². The number of phenolic OH excluding ortho intramolecular Hbond substituents is 1. The van der Waals surface area contributed by atoms with Crippen molar-refractivity contribution in [3.63, 3.8) is 0 Å². The standard InChI is InChI=1S/C19H22Cl2N2O3S/c20-17-11-16(12-18(21)19(17)24)27(25,26)22-8-3-4-9-23-10-7-14-5-1-2-6-15(14)13-23/h1-2,5-6,11-12,22,24H,3-4,7-10,13H2. The van der Waals surface area contributed by atoms with E-state index in [1.807, 2.05) is 0 Å². The largest absolute Gasteiger partial charge is 0.505 e. The molecule has 0 aliphatic carbocycles. The third kappa shape index (κ3) is 5.15. The minimum atomic E-state index is -3.71. The summed E-state index contributed by atoms with van der Waals surface area (Å²) >= 11 is 11.6. The van der Waals surface area contributed by atoms with Gasteiger partial charge in [-0.15, -0.1) is 0 Å². The lowest BCUT2D eigenvalue weighted by molar-refractivity contribution is 0.249. The maximum atomic E-state index is 12.3. The van der Waals surface area contributed by atoms with Crippen molar-refractivity contribution in [2.45, 2.75) is 30.7 Å². The van der Waals surface area contributed by atoms with Crippen LogP contribution in [0.15, 0.2) is 41.3 Å². The number of nitrogens with one attached hydrogen (secondary N) is 1. The molecule has 0 saturated carbocycles. The Morgan fingerprint density at radius 1 is 1.07 bits per heavy atom. The van der Waals surface area contributed by atoms with Crippen LogP contribution in [0.2, 0.25) is 10.0 Å². The van der Waals surface area contributed by atoms with Gasteiger partial charge in [-0.3, -0.25) is 4.90 Å². The molecule has 27 heavy (non-hydrogen) atoms. The van der Waals surface area contributed by atoms with Crippen molar-refractivity contribution in [1.82, 2.24) is 9.62 Å². The van der Waals surface area contributed by atoms with Gasteiger partial charge >= 0.3 is 0 Å². The SMILES string of the molecule is O=S(=O)(NCCCCN1CCc2ccccc2C1)c1cc(Cl)c(O)c(Cl)c1. The summed E-state index contributed by atoms with van der Waals surface area (Å²) in [6.45, 7) is 3.26. The van der Waals surface area contributed by atoms with Crippen LogP contribution in [0.25, 0.3) is 0 Å². The van der Waals surface area contributed by atoms with Gasteiger partial charge in [-0.05, 0) is 49.1 Å². The van der Waals surface area contributed by atoms with Gasteiger partial charge in [0.15, 0.2) is 5.75 Å². The Bertz CT molecular complexity index is 896. The molecule has 2 N–H and O–H groups in total. The van der Waals surface area contributed by atoms with Crippen LogP contribution < -0.4 is 4.72 Å². The van der Waals surface area contributed by atoms with Crippen molar-refractivity contribution in [2.24, 2.45) is 0 Å². The fourth-order valence-electron chi connectivity index (χ4n) is 3.19. The number of benzene rings is 2. The summed E-state index contributed by atoms with van der Waals surface area (Å²) in [5.41, 5.74) is 2.80. The number of halogens is 2. The van der Waals surface area contributed by atoms with E-state index < -0.39 is 10.0 Å². The summed E-state index contributed by atoms with van der Waals surface area (Å²) in [5, 5.41) is 9.36. The number of hydrogen-bond acceptors (Lipinski definition) is 4. The van der Waals surface area contributed by atoms with E-state index in [4.69, 9.17) is 23.2 Å². The van der Waals surface area contributed by atoms with Crippen molar-refractivity contribution < 1.29 is 13.5 Å². The zero-order valence-electron chi connectivity index (χ0n) is 14.8. The summed E-state index contributed by atoms with van der Waals surface area (Å²) in [5.74, 6) is -0.319. The molecule has 1 heterocycles. The van der Waals surface area contributed by atoms with Crippen LogP contribution >= 0.6 is 23.2 Å². The van der Waals surface area contributed by atoms with Crippen LogP contribution in [0.4, 0.5) is 0 Å². The minimum Gasteiger partial charge on any atom is -0.505 e. The number of fused-ring (bicyclic) bond motifs is 1. The van der Waals surface area contributed by atoms with Gasteiger partial charge in [-0.25, -0.2) is 13.1 Å². The van der Waals surface area contributed by atoms with Crippen molar-refractivity contribution in [3.8, 4) is 5.75 Å². The van der Waals surface area contributed by atoms with Gasteiger partial charge in [0.1, 0.15) is 0 Å². The lowest BCUT2D eigenvalue weighted by atomic mass is 10.00. The Morgan fingerprint density at radius 3 is 2.44 bits per heavy atom. The molecule has 0 fully saturated rings. The van der Waals surface area contributed by atoms with Crippen molar-refractivity contribution in [2.75, 3.05) is 19.6 Å². The van der Waals surface area contributed by atoms with E-state index in [1.165, 1.54) is 23.3 Å². The average molecular weight is 429 g/mol. The highest BCUT2D eigenvalue weighted by molar-refractivity contribution is 7.89. The second-order valence-corrected chi connectivity index (χ2v) is 9.22. The third-order valence-corrected chi connectivity index (χ3v) is 6.72. The van der Waals surface area contributed by atoms with E-state index in [1.54, 1.807) is 0 Å². The lowest BCUT2D eigenvalue weighted by Gasteiger charge is -2.28. The normalized spacial score (nSPS) is 14.9. The molecule has 2 aromatic carbocycles. The van der Waals surface area contributed by atoms with E-state index in [-0.39, 0.29) is 20.7 Å². The molecule has 1 aliphatic rings. The predicted molar refractivity (Wildman–Crippen MR) is 108 cm³/mol. The molecule has 146 valence electrons. The second kappa shape index (κ2) is 8.80. The van der Waals surface area contributed by atoms with Crippen molar-refractivity contribution >= 4 is 33.2 Å². The number of aromatic hydroxyl groups is 1. The van der Waals surface area contributed by atoms with Crippen molar-refractivity contribution in [3.05, 3.63) is 57.6 Å². The third-order valence-electron chi connectivity index (χ3n) is 4.70. The molecular weight excluding hydrogens is 407 g/mol. The van der Waals surface area contributed by atoms with Crippen LogP contribution in [-0.2, 0) is 23.0 Å². The summed E-state index contributed by atoms with van der Waals surface area (Å²) < 4.78 is 27.2. The molecule has 8 heteroatoms. The van der Waals surface area contributed by atoms with E-state index in [0.717, 1.165) is 38.9 Å². The van der Waals surface area contributed by atoms with Gasteiger partial charge in [-0.2, -0.15) is 0 Å². The molecule has 0 saturated heterocycles. The smallest absolute Gasteiger partial charge is 0.240 e. The summed E-state index contributed by atoms with van der Waals surface area (Å²) in [6.07, 6.45) is 2.70. The number of sulfonamides is 1. The van der Waals surface area contributed by atoms with Gasteiger partial charge in [0, 0.05) is 19.6 Å². The van der Waals surface area contributed by atoms with E-state index in [9.17, 15) is 13.5 Å².